The summed E-state index contributed by atoms with van der Waals surface area (Å²) < 4.78 is 0. The number of aromatic nitrogens is 1. The molecule has 2 atom stereocenters. The Morgan fingerprint density at radius 1 is 1.12 bits per heavy atom. The molecule has 0 amide bonds. The Morgan fingerprint density at radius 3 is 2.33 bits per heavy atom. The number of nitro groups is 1. The van der Waals surface area contributed by atoms with Crippen LogP contribution in [0.2, 0.25) is 0 Å². The van der Waals surface area contributed by atoms with E-state index < -0.39 is 4.92 Å². The number of hydrogen-bond acceptors (Lipinski definition) is 5. The first kappa shape index (κ1) is 16.4. The van der Waals surface area contributed by atoms with E-state index in [1.165, 1.54) is 11.6 Å². The van der Waals surface area contributed by atoms with E-state index in [-0.39, 0.29) is 5.82 Å². The van der Waals surface area contributed by atoms with Crippen LogP contribution in [0.5, 0.6) is 0 Å². The van der Waals surface area contributed by atoms with Crippen molar-refractivity contribution in [2.75, 3.05) is 18.0 Å². The van der Waals surface area contributed by atoms with Gasteiger partial charge in [0.25, 0.3) is 0 Å². The molecule has 0 saturated carbocycles. The summed E-state index contributed by atoms with van der Waals surface area (Å²) in [6, 6.07) is 14.4. The fourth-order valence-corrected chi connectivity index (χ4v) is 3.55. The second kappa shape index (κ2) is 6.97. The number of rotatable bonds is 4. The second-order valence-corrected chi connectivity index (χ2v) is 6.42. The van der Waals surface area contributed by atoms with Gasteiger partial charge in [0.1, 0.15) is 0 Å². The van der Waals surface area contributed by atoms with Gasteiger partial charge in [-0.15, -0.1) is 0 Å². The van der Waals surface area contributed by atoms with Gasteiger partial charge in [-0.1, -0.05) is 30.3 Å². The topological polar surface area (TPSA) is 62.5 Å². The van der Waals surface area contributed by atoms with Crippen LogP contribution in [0.25, 0.3) is 0 Å². The molecule has 0 aliphatic carbocycles. The molecule has 0 unspecified atom stereocenters. The first-order chi connectivity index (χ1) is 11.5. The molecular formula is C18H22N4O2. The predicted octanol–water partition coefficient (Wildman–Crippen LogP) is 3.09. The van der Waals surface area contributed by atoms with Gasteiger partial charge >= 0.3 is 5.82 Å². The molecule has 0 spiro atoms. The zero-order chi connectivity index (χ0) is 17.1. The average Bonchev–Trinajstić information content (AvgIpc) is 2.55. The zero-order valence-corrected chi connectivity index (χ0v) is 14.0. The Morgan fingerprint density at radius 2 is 1.79 bits per heavy atom. The van der Waals surface area contributed by atoms with Crippen LogP contribution in [0, 0.1) is 10.1 Å². The summed E-state index contributed by atoms with van der Waals surface area (Å²) >= 11 is 0. The van der Waals surface area contributed by atoms with Crippen LogP contribution in [-0.4, -0.2) is 40.0 Å². The predicted molar refractivity (Wildman–Crippen MR) is 94.0 cm³/mol. The van der Waals surface area contributed by atoms with Gasteiger partial charge in [0.2, 0.25) is 0 Å². The Hall–Kier alpha value is -2.47. The summed E-state index contributed by atoms with van der Waals surface area (Å²) in [6.07, 6.45) is 1.61. The third-order valence-electron chi connectivity index (χ3n) is 4.46. The van der Waals surface area contributed by atoms with Crippen LogP contribution in [-0.2, 0) is 6.54 Å². The maximum Gasteiger partial charge on any atom is 0.363 e. The number of pyridine rings is 1. The zero-order valence-electron chi connectivity index (χ0n) is 14.0. The Balaban J connectivity index is 1.70. The van der Waals surface area contributed by atoms with Crippen LogP contribution >= 0.6 is 0 Å². The van der Waals surface area contributed by atoms with E-state index in [0.29, 0.717) is 12.1 Å². The van der Waals surface area contributed by atoms with E-state index in [9.17, 15) is 10.1 Å². The molecule has 3 rings (SSSR count). The lowest BCUT2D eigenvalue weighted by atomic mass is 10.1. The average molecular weight is 326 g/mol. The van der Waals surface area contributed by atoms with Gasteiger partial charge < -0.3 is 15.0 Å². The molecule has 1 aliphatic heterocycles. The van der Waals surface area contributed by atoms with E-state index in [1.807, 2.05) is 6.07 Å². The lowest BCUT2D eigenvalue weighted by Crippen LogP contribution is -2.56. The van der Waals surface area contributed by atoms with Crippen molar-refractivity contribution >= 4 is 11.5 Å². The third kappa shape index (κ3) is 3.54. The minimum atomic E-state index is -0.464. The van der Waals surface area contributed by atoms with Crippen LogP contribution in [0.1, 0.15) is 19.4 Å². The molecule has 2 aromatic rings. The van der Waals surface area contributed by atoms with Crippen LogP contribution < -0.4 is 4.90 Å². The van der Waals surface area contributed by atoms with Crippen molar-refractivity contribution in [1.82, 2.24) is 9.88 Å². The summed E-state index contributed by atoms with van der Waals surface area (Å²) in [6.45, 7) is 7.23. The van der Waals surface area contributed by atoms with Crippen molar-refractivity contribution in [2.24, 2.45) is 0 Å². The van der Waals surface area contributed by atoms with E-state index in [0.717, 1.165) is 25.3 Å². The molecule has 126 valence electrons. The lowest BCUT2D eigenvalue weighted by Gasteiger charge is -2.45. The molecule has 6 heteroatoms. The first-order valence-corrected chi connectivity index (χ1v) is 8.19. The monoisotopic (exact) mass is 326 g/mol. The highest BCUT2D eigenvalue weighted by atomic mass is 16.6. The smallest absolute Gasteiger partial charge is 0.361 e. The molecule has 1 aromatic carbocycles. The van der Waals surface area contributed by atoms with Gasteiger partial charge in [-0.25, -0.2) is 0 Å². The first-order valence-electron chi connectivity index (χ1n) is 8.19. The second-order valence-electron chi connectivity index (χ2n) is 6.42. The van der Waals surface area contributed by atoms with E-state index in [2.05, 4.69) is 52.9 Å². The minimum absolute atomic E-state index is 0.109. The van der Waals surface area contributed by atoms with Gasteiger partial charge in [0.05, 0.1) is 5.69 Å². The van der Waals surface area contributed by atoms with Crippen molar-refractivity contribution in [2.45, 2.75) is 32.5 Å². The number of benzene rings is 1. The van der Waals surface area contributed by atoms with Crippen molar-refractivity contribution < 1.29 is 4.92 Å². The van der Waals surface area contributed by atoms with Gasteiger partial charge in [-0.05, 0) is 35.4 Å². The molecule has 2 heterocycles. The Kier molecular flexibility index (Phi) is 4.76. The molecule has 1 fully saturated rings. The maximum atomic E-state index is 10.8. The highest BCUT2D eigenvalue weighted by molar-refractivity contribution is 5.49. The molecule has 0 N–H and O–H groups in total. The largest absolute Gasteiger partial charge is 0.363 e. The van der Waals surface area contributed by atoms with Crippen molar-refractivity contribution in [3.05, 3.63) is 64.3 Å². The van der Waals surface area contributed by atoms with E-state index in [4.69, 9.17) is 0 Å². The molecular weight excluding hydrogens is 304 g/mol. The van der Waals surface area contributed by atoms with Crippen molar-refractivity contribution in [1.29, 1.82) is 0 Å². The quantitative estimate of drug-likeness (QED) is 0.638. The summed E-state index contributed by atoms with van der Waals surface area (Å²) in [4.78, 5) is 19.0. The summed E-state index contributed by atoms with van der Waals surface area (Å²) in [5, 5.41) is 10.8. The van der Waals surface area contributed by atoms with Gasteiger partial charge in [0, 0.05) is 37.8 Å². The third-order valence-corrected chi connectivity index (χ3v) is 4.46. The molecule has 0 bridgehead atoms. The summed E-state index contributed by atoms with van der Waals surface area (Å²) in [7, 11) is 0. The molecule has 0 radical (unpaired) electrons. The van der Waals surface area contributed by atoms with Crippen molar-refractivity contribution in [3.63, 3.8) is 0 Å². The fraction of sp³-hybridized carbons (Fsp3) is 0.389. The van der Waals surface area contributed by atoms with Crippen LogP contribution in [0.3, 0.4) is 0 Å². The van der Waals surface area contributed by atoms with Gasteiger partial charge in [-0.3, -0.25) is 4.90 Å². The van der Waals surface area contributed by atoms with Gasteiger partial charge in [0.15, 0.2) is 6.20 Å². The number of nitrogens with zero attached hydrogens (tertiary/aromatic N) is 4. The van der Waals surface area contributed by atoms with Crippen LogP contribution in [0.15, 0.2) is 48.7 Å². The molecule has 1 aliphatic rings. The molecule has 24 heavy (non-hydrogen) atoms. The molecule has 1 aromatic heterocycles. The molecule has 1 saturated heterocycles. The number of piperazine rings is 1. The highest BCUT2D eigenvalue weighted by Crippen LogP contribution is 2.26. The summed E-state index contributed by atoms with van der Waals surface area (Å²) in [5.74, 6) is -0.109. The summed E-state index contributed by atoms with van der Waals surface area (Å²) in [5.41, 5.74) is 2.27. The SMILES string of the molecule is C[C@@H]1CN(Cc2ccccc2)C[C@@H](C)N1c1ccc([N+](=O)[O-])nc1. The number of anilines is 1. The Bertz CT molecular complexity index is 678. The van der Waals surface area contributed by atoms with Crippen molar-refractivity contribution in [3.8, 4) is 0 Å². The minimum Gasteiger partial charge on any atom is -0.361 e. The fourth-order valence-electron chi connectivity index (χ4n) is 3.55. The molecule has 6 nitrogen and oxygen atoms in total. The van der Waals surface area contributed by atoms with Crippen LogP contribution in [0.4, 0.5) is 11.5 Å². The standard InChI is InChI=1S/C18H22N4O2/c1-14-11-20(13-16-6-4-3-5-7-16)12-15(2)21(14)17-8-9-18(19-10-17)22(23)24/h3-10,14-15H,11-13H2,1-2H3/t14-,15-/m1/s1. The maximum absolute atomic E-state index is 10.8. The Labute approximate surface area is 141 Å². The normalized spacial score (nSPS) is 21.7. The van der Waals surface area contributed by atoms with E-state index >= 15 is 0 Å². The van der Waals surface area contributed by atoms with Gasteiger partial charge in [-0.2, -0.15) is 0 Å². The highest BCUT2D eigenvalue weighted by Gasteiger charge is 2.30. The van der Waals surface area contributed by atoms with E-state index in [1.54, 1.807) is 12.3 Å². The number of hydrogen-bond donors (Lipinski definition) is 0. The lowest BCUT2D eigenvalue weighted by molar-refractivity contribution is -0.389.